The Bertz CT molecular complexity index is 280. The van der Waals surface area contributed by atoms with E-state index in [1.807, 2.05) is 5.40 Å². The van der Waals surface area contributed by atoms with Gasteiger partial charge in [0, 0.05) is 5.75 Å². The zero-order valence-corrected chi connectivity index (χ0v) is 6.57. The highest BCUT2D eigenvalue weighted by Crippen LogP contribution is 2.13. The lowest BCUT2D eigenvalue weighted by Crippen LogP contribution is -1.84. The van der Waals surface area contributed by atoms with Crippen LogP contribution in [0.25, 0.3) is 0 Å². The summed E-state index contributed by atoms with van der Waals surface area (Å²) in [6, 6.07) is 6.47. The van der Waals surface area contributed by atoms with Crippen molar-refractivity contribution in [2.75, 3.05) is 0 Å². The van der Waals surface area contributed by atoms with Gasteiger partial charge in [0.2, 0.25) is 0 Å². The average Bonchev–Trinajstić information content (AvgIpc) is 2.03. The molecule has 1 nitrogen and oxygen atoms in total. The van der Waals surface area contributed by atoms with Crippen LogP contribution in [0.3, 0.4) is 0 Å². The van der Waals surface area contributed by atoms with E-state index in [-0.39, 0.29) is 5.82 Å². The highest BCUT2D eigenvalue weighted by molar-refractivity contribution is 8.02. The molecule has 0 saturated carbocycles. The van der Waals surface area contributed by atoms with Crippen LogP contribution >= 0.6 is 11.8 Å². The Kier molecular flexibility index (Phi) is 2.94. The monoisotopic (exact) mass is 167 g/mol. The molecule has 0 atom stereocenters. The summed E-state index contributed by atoms with van der Waals surface area (Å²) >= 11 is 1.04. The highest BCUT2D eigenvalue weighted by atomic mass is 32.2. The molecular formula is C8H6FNS. The quantitative estimate of drug-likeness (QED) is 0.632. The number of hydrogen-bond donors (Lipinski definition) is 0. The molecular weight excluding hydrogens is 161 g/mol. The molecule has 0 aliphatic carbocycles. The first-order chi connectivity index (χ1) is 5.34. The van der Waals surface area contributed by atoms with Crippen molar-refractivity contribution >= 4 is 11.8 Å². The SMILES string of the molecule is N#CSCc1ccccc1F. The summed E-state index contributed by atoms with van der Waals surface area (Å²) in [5, 5.41) is 10.1. The van der Waals surface area contributed by atoms with Gasteiger partial charge in [-0.2, -0.15) is 5.26 Å². The second kappa shape index (κ2) is 3.99. The molecule has 0 fully saturated rings. The van der Waals surface area contributed by atoms with Crippen molar-refractivity contribution < 1.29 is 4.39 Å². The first-order valence-electron chi connectivity index (χ1n) is 3.09. The second-order valence-electron chi connectivity index (χ2n) is 1.97. The van der Waals surface area contributed by atoms with Gasteiger partial charge in [-0.3, -0.25) is 0 Å². The smallest absolute Gasteiger partial charge is 0.133 e. The molecule has 0 bridgehead atoms. The van der Waals surface area contributed by atoms with Crippen LogP contribution in [0.4, 0.5) is 4.39 Å². The second-order valence-corrected chi connectivity index (χ2v) is 2.73. The van der Waals surface area contributed by atoms with E-state index in [0.29, 0.717) is 11.3 Å². The van der Waals surface area contributed by atoms with E-state index in [4.69, 9.17) is 5.26 Å². The molecule has 1 aromatic rings. The molecule has 0 aliphatic rings. The minimum Gasteiger partial charge on any atom is -0.207 e. The molecule has 0 aliphatic heterocycles. The summed E-state index contributed by atoms with van der Waals surface area (Å²) in [5.41, 5.74) is 0.582. The molecule has 0 N–H and O–H groups in total. The topological polar surface area (TPSA) is 23.8 Å². The summed E-state index contributed by atoms with van der Waals surface area (Å²) < 4.78 is 12.8. The van der Waals surface area contributed by atoms with E-state index in [2.05, 4.69) is 0 Å². The summed E-state index contributed by atoms with van der Waals surface area (Å²) in [5.74, 6) is 0.179. The molecule has 3 heteroatoms. The minimum atomic E-state index is -0.241. The van der Waals surface area contributed by atoms with Gasteiger partial charge in [0.15, 0.2) is 0 Å². The Labute approximate surface area is 68.8 Å². The molecule has 0 amide bonds. The van der Waals surface area contributed by atoms with Gasteiger partial charge in [0.1, 0.15) is 11.2 Å². The van der Waals surface area contributed by atoms with Gasteiger partial charge in [-0.25, -0.2) is 4.39 Å². The predicted molar refractivity (Wildman–Crippen MR) is 43.3 cm³/mol. The molecule has 0 radical (unpaired) electrons. The van der Waals surface area contributed by atoms with E-state index in [1.54, 1.807) is 18.2 Å². The predicted octanol–water partition coefficient (Wildman–Crippen LogP) is 2.54. The Morgan fingerprint density at radius 3 is 2.82 bits per heavy atom. The van der Waals surface area contributed by atoms with Crippen LogP contribution in [0.15, 0.2) is 24.3 Å². The van der Waals surface area contributed by atoms with Crippen LogP contribution in [0, 0.1) is 16.5 Å². The lowest BCUT2D eigenvalue weighted by molar-refractivity contribution is 0.617. The molecule has 0 aromatic heterocycles. The van der Waals surface area contributed by atoms with Gasteiger partial charge in [0.25, 0.3) is 0 Å². The number of thioether (sulfide) groups is 1. The zero-order chi connectivity index (χ0) is 8.10. The lowest BCUT2D eigenvalue weighted by Gasteiger charge is -1.96. The van der Waals surface area contributed by atoms with E-state index in [1.165, 1.54) is 6.07 Å². The summed E-state index contributed by atoms with van der Waals surface area (Å²) in [4.78, 5) is 0. The molecule has 56 valence electrons. The Morgan fingerprint density at radius 2 is 2.18 bits per heavy atom. The summed E-state index contributed by atoms with van der Waals surface area (Å²) in [6.45, 7) is 0. The third-order valence-corrected chi connectivity index (χ3v) is 1.83. The number of hydrogen-bond acceptors (Lipinski definition) is 2. The molecule has 0 unspecified atom stereocenters. The number of nitriles is 1. The third-order valence-electron chi connectivity index (χ3n) is 1.25. The largest absolute Gasteiger partial charge is 0.207 e. The van der Waals surface area contributed by atoms with Crippen LogP contribution in [-0.4, -0.2) is 0 Å². The first kappa shape index (κ1) is 8.09. The van der Waals surface area contributed by atoms with Crippen molar-refractivity contribution in [1.82, 2.24) is 0 Å². The normalized spacial score (nSPS) is 9.09. The first-order valence-corrected chi connectivity index (χ1v) is 4.07. The average molecular weight is 167 g/mol. The van der Waals surface area contributed by atoms with Crippen molar-refractivity contribution in [3.05, 3.63) is 35.6 Å². The van der Waals surface area contributed by atoms with Gasteiger partial charge in [-0.05, 0) is 23.4 Å². The fraction of sp³-hybridized carbons (Fsp3) is 0.125. The van der Waals surface area contributed by atoms with Crippen molar-refractivity contribution in [2.24, 2.45) is 0 Å². The number of rotatable bonds is 2. The van der Waals surface area contributed by atoms with E-state index < -0.39 is 0 Å². The molecule has 0 saturated heterocycles. The Balaban J connectivity index is 2.71. The molecule has 11 heavy (non-hydrogen) atoms. The standard InChI is InChI=1S/C8H6FNS/c9-8-4-2-1-3-7(8)5-11-6-10/h1-4H,5H2. The van der Waals surface area contributed by atoms with Gasteiger partial charge >= 0.3 is 0 Å². The molecule has 1 aromatic carbocycles. The fourth-order valence-electron chi connectivity index (χ4n) is 0.725. The fourth-order valence-corrected chi connectivity index (χ4v) is 1.18. The zero-order valence-electron chi connectivity index (χ0n) is 5.75. The highest BCUT2D eigenvalue weighted by Gasteiger charge is 1.98. The minimum absolute atomic E-state index is 0.241. The van der Waals surface area contributed by atoms with E-state index in [9.17, 15) is 4.39 Å². The van der Waals surface area contributed by atoms with E-state index >= 15 is 0 Å². The number of benzene rings is 1. The number of halogens is 1. The molecule has 1 rings (SSSR count). The van der Waals surface area contributed by atoms with Gasteiger partial charge < -0.3 is 0 Å². The maximum atomic E-state index is 12.8. The Hall–Kier alpha value is -1.01. The van der Waals surface area contributed by atoms with E-state index in [0.717, 1.165) is 11.8 Å². The van der Waals surface area contributed by atoms with Crippen LogP contribution in [0.1, 0.15) is 5.56 Å². The van der Waals surface area contributed by atoms with Crippen molar-refractivity contribution in [1.29, 1.82) is 5.26 Å². The third kappa shape index (κ3) is 2.24. The van der Waals surface area contributed by atoms with Gasteiger partial charge in [0.05, 0.1) is 0 Å². The number of nitrogens with zero attached hydrogens (tertiary/aromatic N) is 1. The van der Waals surface area contributed by atoms with Crippen LogP contribution < -0.4 is 0 Å². The maximum Gasteiger partial charge on any atom is 0.133 e. The van der Waals surface area contributed by atoms with Crippen molar-refractivity contribution in [3.63, 3.8) is 0 Å². The number of thiocyanates is 1. The summed E-state index contributed by atoms with van der Waals surface area (Å²) in [7, 11) is 0. The lowest BCUT2D eigenvalue weighted by atomic mass is 10.2. The Morgan fingerprint density at radius 1 is 1.45 bits per heavy atom. The molecule has 0 heterocycles. The van der Waals surface area contributed by atoms with Crippen LogP contribution in [0.5, 0.6) is 0 Å². The van der Waals surface area contributed by atoms with Crippen LogP contribution in [0.2, 0.25) is 0 Å². The van der Waals surface area contributed by atoms with Crippen LogP contribution in [-0.2, 0) is 5.75 Å². The molecule has 0 spiro atoms. The maximum absolute atomic E-state index is 12.8. The van der Waals surface area contributed by atoms with Crippen molar-refractivity contribution in [3.8, 4) is 5.40 Å². The van der Waals surface area contributed by atoms with Gasteiger partial charge in [-0.15, -0.1) is 0 Å². The van der Waals surface area contributed by atoms with Gasteiger partial charge in [-0.1, -0.05) is 18.2 Å². The summed E-state index contributed by atoms with van der Waals surface area (Å²) in [6.07, 6.45) is 0. The van der Waals surface area contributed by atoms with Crippen molar-refractivity contribution in [2.45, 2.75) is 5.75 Å².